The first-order valence-corrected chi connectivity index (χ1v) is 14.4. The van der Waals surface area contributed by atoms with Crippen LogP contribution >= 0.6 is 0 Å². The summed E-state index contributed by atoms with van der Waals surface area (Å²) in [4.78, 5) is 26.7. The van der Waals surface area contributed by atoms with Gasteiger partial charge in [0.1, 0.15) is 0 Å². The highest BCUT2D eigenvalue weighted by Crippen LogP contribution is 2.77. The number of aliphatic hydroxyl groups excluding tert-OH is 1. The molecule has 5 fully saturated rings. The van der Waals surface area contributed by atoms with Gasteiger partial charge in [-0.1, -0.05) is 46.8 Å². The lowest BCUT2D eigenvalue weighted by Gasteiger charge is -2.72. The molecule has 0 aromatic carbocycles. The molecule has 5 rings (SSSR count). The molecular formula is C32H48O4. The number of carbonyl (C=O) groups is 2. The Kier molecular flexibility index (Phi) is 5.76. The minimum Gasteiger partial charge on any atom is -0.515 e. The van der Waals surface area contributed by atoms with E-state index in [-0.39, 0.29) is 33.4 Å². The Morgan fingerprint density at radius 1 is 0.972 bits per heavy atom. The van der Waals surface area contributed by atoms with E-state index in [2.05, 4.69) is 48.1 Å². The summed E-state index contributed by atoms with van der Waals surface area (Å²) in [6.45, 7) is 18.3. The first-order chi connectivity index (χ1) is 16.7. The van der Waals surface area contributed by atoms with Crippen molar-refractivity contribution in [3.05, 3.63) is 24.0 Å². The number of carbonyl (C=O) groups excluding carboxylic acids is 2. The number of ketones is 1. The second kappa shape index (κ2) is 7.96. The third-order valence-corrected chi connectivity index (χ3v) is 13.4. The highest BCUT2D eigenvalue weighted by molar-refractivity contribution is 6.00. The summed E-state index contributed by atoms with van der Waals surface area (Å²) in [7, 11) is 1.56. The van der Waals surface area contributed by atoms with Crippen LogP contribution in [0, 0.1) is 56.7 Å². The number of fused-ring (bicyclic) bond motifs is 7. The van der Waals surface area contributed by atoms with E-state index in [1.807, 2.05) is 0 Å². The molecule has 0 heterocycles. The highest BCUT2D eigenvalue weighted by atomic mass is 16.5. The summed E-state index contributed by atoms with van der Waals surface area (Å²) in [5.74, 6) is 2.12. The van der Waals surface area contributed by atoms with Gasteiger partial charge >= 0.3 is 5.97 Å². The molecule has 4 heteroatoms. The summed E-state index contributed by atoms with van der Waals surface area (Å²) >= 11 is 0. The lowest BCUT2D eigenvalue weighted by atomic mass is 9.32. The van der Waals surface area contributed by atoms with Gasteiger partial charge < -0.3 is 9.84 Å². The number of esters is 1. The number of hydrogen-bond donors (Lipinski definition) is 1. The maximum absolute atomic E-state index is 13.4. The zero-order chi connectivity index (χ0) is 26.5. The zero-order valence-corrected chi connectivity index (χ0v) is 23.7. The van der Waals surface area contributed by atoms with Gasteiger partial charge in [0.25, 0.3) is 0 Å². The monoisotopic (exact) mass is 496 g/mol. The SMILES string of the molecule is C=C(C)[C@@H]1CC[C@]2(C(=O)OC)CC[C@]3(C)[C@H](CC[C@@H]4[C@@]5(C)C/C(=C\O)C(=O)C(C)(C)[C@@H]5CC[C@]43C)[C@@H]12. The Labute approximate surface area is 218 Å². The van der Waals surface area contributed by atoms with E-state index >= 15 is 0 Å². The van der Waals surface area contributed by atoms with Gasteiger partial charge in [-0.3, -0.25) is 9.59 Å². The van der Waals surface area contributed by atoms with Crippen LogP contribution in [-0.2, 0) is 14.3 Å². The topological polar surface area (TPSA) is 63.6 Å². The van der Waals surface area contributed by atoms with Crippen molar-refractivity contribution >= 4 is 11.8 Å². The predicted molar refractivity (Wildman–Crippen MR) is 142 cm³/mol. The molecule has 5 aliphatic carbocycles. The summed E-state index contributed by atoms with van der Waals surface area (Å²) in [5, 5.41) is 10.0. The smallest absolute Gasteiger partial charge is 0.312 e. The van der Waals surface area contributed by atoms with Gasteiger partial charge in [0.05, 0.1) is 18.8 Å². The molecule has 0 aromatic heterocycles. The van der Waals surface area contributed by atoms with Gasteiger partial charge in [0.2, 0.25) is 0 Å². The van der Waals surface area contributed by atoms with Crippen LogP contribution < -0.4 is 0 Å². The van der Waals surface area contributed by atoms with Crippen molar-refractivity contribution in [2.45, 2.75) is 99.3 Å². The molecular weight excluding hydrogens is 448 g/mol. The van der Waals surface area contributed by atoms with Gasteiger partial charge in [-0.15, -0.1) is 0 Å². The van der Waals surface area contributed by atoms with Crippen LogP contribution in [0.1, 0.15) is 99.3 Å². The fourth-order valence-electron chi connectivity index (χ4n) is 11.7. The van der Waals surface area contributed by atoms with Gasteiger partial charge in [0, 0.05) is 11.0 Å². The quantitative estimate of drug-likeness (QED) is 0.187. The first-order valence-electron chi connectivity index (χ1n) is 14.4. The van der Waals surface area contributed by atoms with Gasteiger partial charge in [-0.2, -0.15) is 0 Å². The Bertz CT molecular complexity index is 1020. The lowest BCUT2D eigenvalue weighted by molar-refractivity contribution is -0.232. The molecule has 0 aliphatic heterocycles. The normalized spacial score (nSPS) is 50.5. The molecule has 36 heavy (non-hydrogen) atoms. The predicted octanol–water partition coefficient (Wildman–Crippen LogP) is 7.44. The number of Topliss-reactive ketones (excluding diaryl/α,β-unsaturated/α-hetero) is 1. The lowest BCUT2D eigenvalue weighted by Crippen LogP contribution is -2.67. The molecule has 5 aliphatic rings. The van der Waals surface area contributed by atoms with Gasteiger partial charge in [-0.25, -0.2) is 0 Å². The Morgan fingerprint density at radius 2 is 1.67 bits per heavy atom. The number of rotatable bonds is 2. The molecule has 0 bridgehead atoms. The van der Waals surface area contributed by atoms with E-state index in [9.17, 15) is 14.7 Å². The Hall–Kier alpha value is -1.58. The van der Waals surface area contributed by atoms with Crippen molar-refractivity contribution in [3.63, 3.8) is 0 Å². The maximum Gasteiger partial charge on any atom is 0.312 e. The van der Waals surface area contributed by atoms with E-state index in [1.54, 1.807) is 7.11 Å². The summed E-state index contributed by atoms with van der Waals surface area (Å²) in [5.41, 5.74) is 1.25. The molecule has 0 saturated heterocycles. The highest BCUT2D eigenvalue weighted by Gasteiger charge is 2.72. The number of ether oxygens (including phenoxy) is 1. The van der Waals surface area contributed by atoms with Crippen LogP contribution in [0.25, 0.3) is 0 Å². The third kappa shape index (κ3) is 2.94. The molecule has 200 valence electrons. The van der Waals surface area contributed by atoms with Crippen LogP contribution in [0.4, 0.5) is 0 Å². The second-order valence-corrected chi connectivity index (χ2v) is 14.7. The molecule has 5 saturated carbocycles. The number of allylic oxidation sites excluding steroid dienone is 2. The average molecular weight is 497 g/mol. The maximum atomic E-state index is 13.4. The molecule has 0 amide bonds. The van der Waals surface area contributed by atoms with Crippen molar-refractivity contribution in [1.82, 2.24) is 0 Å². The van der Waals surface area contributed by atoms with Crippen LogP contribution in [-0.4, -0.2) is 24.0 Å². The van der Waals surface area contributed by atoms with Crippen molar-refractivity contribution in [1.29, 1.82) is 0 Å². The zero-order valence-electron chi connectivity index (χ0n) is 23.7. The minimum atomic E-state index is -0.455. The number of hydrogen-bond acceptors (Lipinski definition) is 4. The number of aliphatic hydroxyl groups is 1. The fourth-order valence-corrected chi connectivity index (χ4v) is 11.7. The standard InChI is InChI=1S/C32H48O4/c1-19(2)21-11-14-32(27(35)36-8)16-15-30(6)22(25(21)32)9-10-24-29(5)17-20(18-33)26(34)28(3,4)23(29)12-13-31(24,30)7/h18,21-25,33H,1,9-17H2,2-8H3/b20-18+/t21-,22+,23-,24+,25+,29-,30+,31+,32-/m0/s1. The molecule has 4 nitrogen and oxygen atoms in total. The molecule has 0 unspecified atom stereocenters. The Balaban J connectivity index is 1.59. The van der Waals surface area contributed by atoms with E-state index in [4.69, 9.17) is 4.74 Å². The van der Waals surface area contributed by atoms with E-state index < -0.39 is 5.41 Å². The largest absolute Gasteiger partial charge is 0.515 e. The second-order valence-electron chi connectivity index (χ2n) is 14.7. The molecule has 0 radical (unpaired) electrons. The summed E-state index contributed by atoms with van der Waals surface area (Å²) in [6, 6.07) is 0. The molecule has 0 aromatic rings. The van der Waals surface area contributed by atoms with Crippen molar-refractivity contribution in [2.75, 3.05) is 7.11 Å². The van der Waals surface area contributed by atoms with E-state index in [0.717, 1.165) is 57.6 Å². The first kappa shape index (κ1) is 26.0. The van der Waals surface area contributed by atoms with Crippen molar-refractivity contribution in [2.24, 2.45) is 56.7 Å². The van der Waals surface area contributed by atoms with Crippen LogP contribution in [0.3, 0.4) is 0 Å². The van der Waals surface area contributed by atoms with Gasteiger partial charge in [0.15, 0.2) is 5.78 Å². The van der Waals surface area contributed by atoms with Crippen molar-refractivity contribution in [3.8, 4) is 0 Å². The average Bonchev–Trinajstić information content (AvgIpc) is 3.22. The van der Waals surface area contributed by atoms with Gasteiger partial charge in [-0.05, 0) is 111 Å². The molecule has 1 N–H and O–H groups in total. The molecule has 0 spiro atoms. The number of methoxy groups -OCH3 is 1. The Morgan fingerprint density at radius 3 is 2.28 bits per heavy atom. The fraction of sp³-hybridized carbons (Fsp3) is 0.812. The molecule has 9 atom stereocenters. The minimum absolute atomic E-state index is 0.00603. The van der Waals surface area contributed by atoms with Crippen LogP contribution in [0.2, 0.25) is 0 Å². The van der Waals surface area contributed by atoms with E-state index in [0.29, 0.717) is 41.6 Å². The summed E-state index contributed by atoms with van der Waals surface area (Å²) in [6.07, 6.45) is 10.2. The third-order valence-electron chi connectivity index (χ3n) is 13.4. The van der Waals surface area contributed by atoms with Crippen LogP contribution in [0.5, 0.6) is 0 Å². The van der Waals surface area contributed by atoms with Crippen LogP contribution in [0.15, 0.2) is 24.0 Å². The van der Waals surface area contributed by atoms with E-state index in [1.165, 1.54) is 5.57 Å². The summed E-state index contributed by atoms with van der Waals surface area (Å²) < 4.78 is 5.48. The van der Waals surface area contributed by atoms with Crippen molar-refractivity contribution < 1.29 is 19.4 Å².